The molecule has 1 aromatic carbocycles. The van der Waals surface area contributed by atoms with Crippen molar-refractivity contribution in [1.82, 2.24) is 4.90 Å². The Morgan fingerprint density at radius 3 is 2.78 bits per heavy atom. The van der Waals surface area contributed by atoms with Crippen LogP contribution in [0.5, 0.6) is 0 Å². The molecule has 2 unspecified atom stereocenters. The maximum atomic E-state index is 13.0. The predicted octanol–water partition coefficient (Wildman–Crippen LogP) is 2.73. The molecule has 2 atom stereocenters. The molecule has 2 rings (SSSR count). The summed E-state index contributed by atoms with van der Waals surface area (Å²) in [6, 6.07) is 5.31. The van der Waals surface area contributed by atoms with Crippen molar-refractivity contribution in [2.45, 2.75) is 32.9 Å². The highest BCUT2D eigenvalue weighted by molar-refractivity contribution is 5.85. The fourth-order valence-corrected chi connectivity index (χ4v) is 2.51. The van der Waals surface area contributed by atoms with E-state index in [1.54, 1.807) is 12.1 Å². The van der Waals surface area contributed by atoms with Gasteiger partial charge in [0.15, 0.2) is 0 Å². The average molecular weight is 273 g/mol. The molecule has 0 aromatic heterocycles. The van der Waals surface area contributed by atoms with Crippen molar-refractivity contribution in [3.05, 3.63) is 35.1 Å². The van der Waals surface area contributed by atoms with Gasteiger partial charge in [0.1, 0.15) is 5.82 Å². The molecule has 102 valence electrons. The minimum absolute atomic E-state index is 0. The first-order chi connectivity index (χ1) is 8.06. The highest BCUT2D eigenvalue weighted by atomic mass is 35.5. The number of rotatable bonds is 3. The largest absolute Gasteiger partial charge is 0.328 e. The molecule has 0 saturated carbocycles. The van der Waals surface area contributed by atoms with Gasteiger partial charge in [-0.3, -0.25) is 4.90 Å². The number of nitrogens with zero attached hydrogens (tertiary/aromatic N) is 1. The maximum Gasteiger partial charge on any atom is 0.123 e. The molecule has 1 heterocycles. The van der Waals surface area contributed by atoms with Crippen LogP contribution in [0.4, 0.5) is 4.39 Å². The van der Waals surface area contributed by atoms with E-state index in [1.165, 1.54) is 12.0 Å². The predicted molar refractivity (Wildman–Crippen MR) is 75.4 cm³/mol. The topological polar surface area (TPSA) is 29.3 Å². The molecule has 1 fully saturated rings. The lowest BCUT2D eigenvalue weighted by Gasteiger charge is -2.18. The Bertz CT molecular complexity index is 395. The van der Waals surface area contributed by atoms with Gasteiger partial charge in [-0.2, -0.15) is 0 Å². The molecule has 1 saturated heterocycles. The van der Waals surface area contributed by atoms with Gasteiger partial charge in [-0.1, -0.05) is 6.07 Å². The Balaban J connectivity index is 0.00000162. The summed E-state index contributed by atoms with van der Waals surface area (Å²) in [5.41, 5.74) is 8.18. The van der Waals surface area contributed by atoms with Crippen molar-refractivity contribution in [2.75, 3.05) is 13.1 Å². The number of likely N-dealkylation sites (tertiary alicyclic amines) is 1. The molecule has 4 heteroatoms. The summed E-state index contributed by atoms with van der Waals surface area (Å²) in [6.45, 7) is 7.13. The highest BCUT2D eigenvalue weighted by Gasteiger charge is 2.25. The third-order valence-corrected chi connectivity index (χ3v) is 3.75. The molecule has 2 N–H and O–H groups in total. The van der Waals surface area contributed by atoms with E-state index in [4.69, 9.17) is 5.73 Å². The first-order valence-electron chi connectivity index (χ1n) is 6.29. The Hall–Kier alpha value is -0.640. The second-order valence-electron chi connectivity index (χ2n) is 5.21. The number of nitrogens with two attached hydrogens (primary N) is 1. The van der Waals surface area contributed by atoms with Crippen LogP contribution in [0.3, 0.4) is 0 Å². The lowest BCUT2D eigenvalue weighted by molar-refractivity contribution is 0.308. The second-order valence-corrected chi connectivity index (χ2v) is 5.21. The monoisotopic (exact) mass is 272 g/mol. The number of benzene rings is 1. The van der Waals surface area contributed by atoms with Crippen molar-refractivity contribution in [1.29, 1.82) is 0 Å². The zero-order valence-electron chi connectivity index (χ0n) is 11.0. The number of hydrogen-bond acceptors (Lipinski definition) is 2. The van der Waals surface area contributed by atoms with E-state index in [1.807, 2.05) is 13.0 Å². The molecule has 18 heavy (non-hydrogen) atoms. The quantitative estimate of drug-likeness (QED) is 0.917. The van der Waals surface area contributed by atoms with Gasteiger partial charge in [0, 0.05) is 19.1 Å². The van der Waals surface area contributed by atoms with E-state index in [0.717, 1.165) is 25.2 Å². The van der Waals surface area contributed by atoms with Crippen molar-refractivity contribution in [3.8, 4) is 0 Å². The zero-order valence-corrected chi connectivity index (χ0v) is 11.8. The first kappa shape index (κ1) is 15.4. The number of hydrogen-bond donors (Lipinski definition) is 1. The third-order valence-electron chi connectivity index (χ3n) is 3.75. The second kappa shape index (κ2) is 6.50. The van der Waals surface area contributed by atoms with E-state index in [0.29, 0.717) is 5.92 Å². The van der Waals surface area contributed by atoms with Crippen molar-refractivity contribution in [3.63, 3.8) is 0 Å². The zero-order chi connectivity index (χ0) is 12.4. The van der Waals surface area contributed by atoms with Crippen LogP contribution in [0.1, 0.15) is 24.5 Å². The van der Waals surface area contributed by atoms with Gasteiger partial charge >= 0.3 is 0 Å². The minimum Gasteiger partial charge on any atom is -0.328 e. The summed E-state index contributed by atoms with van der Waals surface area (Å²) in [5, 5.41) is 0. The molecule has 0 radical (unpaired) electrons. The smallest absolute Gasteiger partial charge is 0.123 e. The van der Waals surface area contributed by atoms with Crippen molar-refractivity contribution in [2.24, 2.45) is 11.7 Å². The van der Waals surface area contributed by atoms with Crippen LogP contribution in [-0.2, 0) is 6.54 Å². The molecule has 1 aliphatic rings. The van der Waals surface area contributed by atoms with Crippen LogP contribution in [0.25, 0.3) is 0 Å². The molecular formula is C14H22ClFN2. The standard InChI is InChI=1S/C14H21FN2.ClH/c1-10-7-14(15)4-3-12(10)8-17-6-5-13(9-17)11(2)16;/h3-4,7,11,13H,5-6,8-9,16H2,1-2H3;1H. The summed E-state index contributed by atoms with van der Waals surface area (Å²) in [6.07, 6.45) is 1.18. The first-order valence-corrected chi connectivity index (χ1v) is 6.29. The Labute approximate surface area is 115 Å². The summed E-state index contributed by atoms with van der Waals surface area (Å²) < 4.78 is 13.0. The Morgan fingerprint density at radius 1 is 1.50 bits per heavy atom. The van der Waals surface area contributed by atoms with Gasteiger partial charge < -0.3 is 5.73 Å². The Morgan fingerprint density at radius 2 is 2.22 bits per heavy atom. The molecule has 0 spiro atoms. The minimum atomic E-state index is -0.152. The normalized spacial score (nSPS) is 21.7. The summed E-state index contributed by atoms with van der Waals surface area (Å²) >= 11 is 0. The fourth-order valence-electron chi connectivity index (χ4n) is 2.51. The fraction of sp³-hybridized carbons (Fsp3) is 0.571. The van der Waals surface area contributed by atoms with Crippen LogP contribution in [0.2, 0.25) is 0 Å². The lowest BCUT2D eigenvalue weighted by atomic mass is 10.0. The average Bonchev–Trinajstić information content (AvgIpc) is 2.71. The number of aryl methyl sites for hydroxylation is 1. The highest BCUT2D eigenvalue weighted by Crippen LogP contribution is 2.22. The molecule has 0 amide bonds. The van der Waals surface area contributed by atoms with E-state index in [2.05, 4.69) is 11.8 Å². The summed E-state index contributed by atoms with van der Waals surface area (Å²) in [5.74, 6) is 0.455. The van der Waals surface area contributed by atoms with E-state index >= 15 is 0 Å². The maximum absolute atomic E-state index is 13.0. The van der Waals surface area contributed by atoms with Crippen LogP contribution in [-0.4, -0.2) is 24.0 Å². The van der Waals surface area contributed by atoms with Gasteiger partial charge in [-0.25, -0.2) is 4.39 Å². The van der Waals surface area contributed by atoms with E-state index < -0.39 is 0 Å². The van der Waals surface area contributed by atoms with Gasteiger partial charge in [0.2, 0.25) is 0 Å². The Kier molecular flexibility index (Phi) is 5.57. The van der Waals surface area contributed by atoms with Crippen LogP contribution in [0, 0.1) is 18.7 Å². The van der Waals surface area contributed by atoms with Crippen LogP contribution >= 0.6 is 12.4 Å². The lowest BCUT2D eigenvalue weighted by Crippen LogP contribution is -2.29. The summed E-state index contributed by atoms with van der Waals surface area (Å²) in [4.78, 5) is 2.41. The number of halogens is 2. The van der Waals surface area contributed by atoms with Crippen LogP contribution in [0.15, 0.2) is 18.2 Å². The SMILES string of the molecule is Cc1cc(F)ccc1CN1CCC(C(C)N)C1.Cl. The van der Waals surface area contributed by atoms with Gasteiger partial charge in [-0.15, -0.1) is 12.4 Å². The van der Waals surface area contributed by atoms with Crippen molar-refractivity contribution < 1.29 is 4.39 Å². The summed E-state index contributed by atoms with van der Waals surface area (Å²) in [7, 11) is 0. The molecule has 1 aliphatic heterocycles. The molecular weight excluding hydrogens is 251 g/mol. The van der Waals surface area contributed by atoms with Gasteiger partial charge in [0.25, 0.3) is 0 Å². The van der Waals surface area contributed by atoms with Crippen LogP contribution < -0.4 is 5.73 Å². The molecule has 0 aliphatic carbocycles. The molecule has 2 nitrogen and oxygen atoms in total. The molecule has 0 bridgehead atoms. The van der Waals surface area contributed by atoms with Gasteiger partial charge in [0.05, 0.1) is 0 Å². The van der Waals surface area contributed by atoms with Crippen molar-refractivity contribution >= 4 is 12.4 Å². The van der Waals surface area contributed by atoms with Gasteiger partial charge in [-0.05, 0) is 56.0 Å². The van der Waals surface area contributed by atoms with E-state index in [-0.39, 0.29) is 24.3 Å². The van der Waals surface area contributed by atoms with E-state index in [9.17, 15) is 4.39 Å². The third kappa shape index (κ3) is 3.67. The molecule has 1 aromatic rings.